The molecule has 232 valence electrons. The summed E-state index contributed by atoms with van der Waals surface area (Å²) in [5.41, 5.74) is 1.12. The minimum absolute atomic E-state index is 0.117. The van der Waals surface area contributed by atoms with E-state index in [0.29, 0.717) is 67.4 Å². The van der Waals surface area contributed by atoms with E-state index in [-0.39, 0.29) is 43.1 Å². The molecular weight excluding hydrogens is 569 g/mol. The van der Waals surface area contributed by atoms with Crippen molar-refractivity contribution in [2.45, 2.75) is 58.5 Å². The Hall–Kier alpha value is -4.52. The number of aromatic nitrogens is 4. The average molecular weight is 606 g/mol. The van der Waals surface area contributed by atoms with Crippen LogP contribution in [0.5, 0.6) is 0 Å². The van der Waals surface area contributed by atoms with Crippen LogP contribution in [-0.2, 0) is 29.0 Å². The largest absolute Gasteiger partial charge is 0.383 e. The third-order valence-corrected chi connectivity index (χ3v) is 7.85. The first kappa shape index (κ1) is 30.9. The average Bonchev–Trinajstić information content (AvgIpc) is 3.48. The van der Waals surface area contributed by atoms with E-state index in [2.05, 4.69) is 15.0 Å². The third kappa shape index (κ3) is 6.52. The van der Waals surface area contributed by atoms with Crippen LogP contribution in [0, 0.1) is 5.95 Å². The summed E-state index contributed by atoms with van der Waals surface area (Å²) in [6.45, 7) is 4.25. The van der Waals surface area contributed by atoms with Crippen LogP contribution < -0.4 is 16.1 Å². The zero-order chi connectivity index (χ0) is 31.2. The highest BCUT2D eigenvalue weighted by Crippen LogP contribution is 2.26. The van der Waals surface area contributed by atoms with E-state index in [4.69, 9.17) is 4.74 Å². The molecule has 0 bridgehead atoms. The Bertz CT molecular complexity index is 1660. The summed E-state index contributed by atoms with van der Waals surface area (Å²) in [5.74, 6) is -0.270. The van der Waals surface area contributed by atoms with Crippen molar-refractivity contribution >= 4 is 29.2 Å². The molecule has 1 saturated heterocycles. The summed E-state index contributed by atoms with van der Waals surface area (Å²) in [7, 11) is 1.54. The summed E-state index contributed by atoms with van der Waals surface area (Å²) in [5, 5.41) is 0. The van der Waals surface area contributed by atoms with E-state index in [9.17, 15) is 23.6 Å². The van der Waals surface area contributed by atoms with Crippen molar-refractivity contribution in [2.24, 2.45) is 4.99 Å². The number of hydrogen-bond donors (Lipinski definition) is 0. The molecular formula is C31H36FN7O5. The molecule has 0 spiro atoms. The molecule has 13 heteroatoms. The molecule has 2 amide bonds. The highest BCUT2D eigenvalue weighted by atomic mass is 19.1. The first-order valence-corrected chi connectivity index (χ1v) is 14.9. The van der Waals surface area contributed by atoms with E-state index < -0.39 is 17.5 Å². The summed E-state index contributed by atoms with van der Waals surface area (Å²) in [6, 6.07) is 5.96. The lowest BCUT2D eigenvalue weighted by molar-refractivity contribution is -0.133. The number of likely N-dealkylation sites (tertiary alicyclic amines) is 1. The normalized spacial score (nSPS) is 14.5. The Morgan fingerprint density at radius 2 is 1.86 bits per heavy atom. The van der Waals surface area contributed by atoms with Crippen LogP contribution in [0.2, 0.25) is 0 Å². The smallest absolute Gasteiger partial charge is 0.332 e. The van der Waals surface area contributed by atoms with Crippen molar-refractivity contribution in [3.63, 3.8) is 0 Å². The topological polar surface area (TPSA) is 132 Å². The predicted octanol–water partition coefficient (Wildman–Crippen LogP) is 2.72. The van der Waals surface area contributed by atoms with Crippen LogP contribution in [0.25, 0.3) is 0 Å². The summed E-state index contributed by atoms with van der Waals surface area (Å²) < 4.78 is 21.4. The van der Waals surface area contributed by atoms with Crippen LogP contribution in [0.4, 0.5) is 16.0 Å². The van der Waals surface area contributed by atoms with Gasteiger partial charge in [0.15, 0.2) is 0 Å². The first-order valence-electron chi connectivity index (χ1n) is 14.9. The lowest BCUT2D eigenvalue weighted by Crippen LogP contribution is -2.41. The molecule has 1 fully saturated rings. The zero-order valence-electron chi connectivity index (χ0n) is 25.0. The number of anilines is 1. The van der Waals surface area contributed by atoms with E-state index in [0.717, 1.165) is 18.9 Å². The SMILES string of the molecule is CCCn1c(=O)c2c(n(CCOC)c1=O)N=C(c1ccc(N(CCCN3CCCCC3=O)C(=O)c3ccc(F)nc3)nc1)C2. The number of piperidine rings is 1. The lowest BCUT2D eigenvalue weighted by Gasteiger charge is -2.28. The number of nitrogens with zero attached hydrogens (tertiary/aromatic N) is 7. The lowest BCUT2D eigenvalue weighted by atomic mass is 10.1. The number of amides is 2. The Balaban J connectivity index is 1.41. The second-order valence-corrected chi connectivity index (χ2v) is 10.8. The predicted molar refractivity (Wildman–Crippen MR) is 162 cm³/mol. The Kier molecular flexibility index (Phi) is 9.73. The molecule has 0 N–H and O–H groups in total. The number of rotatable bonds is 12. The molecule has 2 aliphatic heterocycles. The van der Waals surface area contributed by atoms with Gasteiger partial charge < -0.3 is 9.64 Å². The van der Waals surface area contributed by atoms with Crippen LogP contribution >= 0.6 is 0 Å². The number of ether oxygens (including phenoxy) is 1. The van der Waals surface area contributed by atoms with E-state index in [1.54, 1.807) is 25.4 Å². The van der Waals surface area contributed by atoms with Gasteiger partial charge in [-0.1, -0.05) is 6.92 Å². The van der Waals surface area contributed by atoms with Crippen molar-refractivity contribution in [2.75, 3.05) is 38.3 Å². The molecule has 12 nitrogen and oxygen atoms in total. The van der Waals surface area contributed by atoms with Crippen LogP contribution in [0.3, 0.4) is 0 Å². The standard InChI is InChI=1S/C31H36FN7O5/c1-3-12-39-30(42)23-18-24(35-28(23)38(31(39)43)16-17-44-2)21-9-11-26(34-19-21)37(29(41)22-8-10-25(32)33-20-22)15-6-14-36-13-5-4-7-27(36)40/h8-11,19-20H,3-7,12-18H2,1-2H3. The number of hydrogen-bond acceptors (Lipinski definition) is 8. The van der Waals surface area contributed by atoms with Crippen LogP contribution in [0.1, 0.15) is 60.5 Å². The monoisotopic (exact) mass is 605 g/mol. The maximum Gasteiger partial charge on any atom is 0.332 e. The Morgan fingerprint density at radius 3 is 2.55 bits per heavy atom. The number of aliphatic imine (C=N–C) groups is 1. The van der Waals surface area contributed by atoms with Crippen LogP contribution in [-0.4, -0.2) is 74.9 Å². The third-order valence-electron chi connectivity index (χ3n) is 7.85. The number of fused-ring (bicyclic) bond motifs is 1. The minimum Gasteiger partial charge on any atom is -0.383 e. The number of carbonyl (C=O) groups is 2. The Morgan fingerprint density at radius 1 is 1.02 bits per heavy atom. The van der Waals surface area contributed by atoms with E-state index in [1.807, 2.05) is 11.8 Å². The van der Waals surface area contributed by atoms with Crippen molar-refractivity contribution < 1.29 is 18.7 Å². The van der Waals surface area contributed by atoms with E-state index >= 15 is 0 Å². The summed E-state index contributed by atoms with van der Waals surface area (Å²) in [4.78, 5) is 68.3. The molecule has 3 aromatic rings. The summed E-state index contributed by atoms with van der Waals surface area (Å²) in [6.07, 6.45) is 6.56. The van der Waals surface area contributed by atoms with Gasteiger partial charge in [-0.05, 0) is 49.9 Å². The Labute approximate surface area is 253 Å². The van der Waals surface area contributed by atoms with Gasteiger partial charge in [-0.25, -0.2) is 19.8 Å². The van der Waals surface area contributed by atoms with Gasteiger partial charge in [0, 0.05) is 64.1 Å². The fourth-order valence-electron chi connectivity index (χ4n) is 5.55. The van der Waals surface area contributed by atoms with Gasteiger partial charge in [-0.2, -0.15) is 4.39 Å². The van der Waals surface area contributed by atoms with Gasteiger partial charge in [-0.3, -0.25) is 28.4 Å². The van der Waals surface area contributed by atoms with Gasteiger partial charge in [0.05, 0.1) is 30.0 Å². The highest BCUT2D eigenvalue weighted by Gasteiger charge is 2.27. The van der Waals surface area contributed by atoms with Gasteiger partial charge in [-0.15, -0.1) is 0 Å². The van der Waals surface area contributed by atoms with Crippen molar-refractivity contribution in [3.8, 4) is 0 Å². The maximum absolute atomic E-state index is 13.5. The first-order chi connectivity index (χ1) is 21.3. The molecule has 0 atom stereocenters. The van der Waals surface area contributed by atoms with Crippen molar-refractivity contribution in [1.29, 1.82) is 0 Å². The summed E-state index contributed by atoms with van der Waals surface area (Å²) >= 11 is 0. The molecule has 0 radical (unpaired) electrons. The van der Waals surface area contributed by atoms with Gasteiger partial charge >= 0.3 is 5.69 Å². The van der Waals surface area contributed by atoms with Gasteiger partial charge in [0.25, 0.3) is 11.5 Å². The van der Waals surface area contributed by atoms with Crippen molar-refractivity contribution in [3.05, 3.63) is 80.1 Å². The fourth-order valence-corrected chi connectivity index (χ4v) is 5.55. The number of pyridine rings is 2. The quantitative estimate of drug-likeness (QED) is 0.290. The van der Waals surface area contributed by atoms with Crippen LogP contribution in [0.15, 0.2) is 51.2 Å². The fraction of sp³-hybridized carbons (Fsp3) is 0.452. The number of halogens is 1. The van der Waals surface area contributed by atoms with Gasteiger partial charge in [0.1, 0.15) is 11.6 Å². The molecule has 0 saturated carbocycles. The molecule has 5 rings (SSSR count). The molecule has 0 aliphatic carbocycles. The number of carbonyl (C=O) groups excluding carboxylic acids is 2. The zero-order valence-corrected chi connectivity index (χ0v) is 25.0. The second-order valence-electron chi connectivity index (χ2n) is 10.8. The second kappa shape index (κ2) is 13.8. The molecule has 2 aliphatic rings. The molecule has 3 aromatic heterocycles. The maximum atomic E-state index is 13.5. The number of methoxy groups -OCH3 is 1. The molecule has 0 unspecified atom stereocenters. The van der Waals surface area contributed by atoms with E-state index in [1.165, 1.54) is 26.3 Å². The van der Waals surface area contributed by atoms with Crippen molar-refractivity contribution in [1.82, 2.24) is 24.0 Å². The minimum atomic E-state index is -0.688. The highest BCUT2D eigenvalue weighted by molar-refractivity contribution is 6.07. The molecule has 44 heavy (non-hydrogen) atoms. The molecule has 0 aromatic carbocycles. The molecule has 5 heterocycles. The van der Waals surface area contributed by atoms with Gasteiger partial charge in [0.2, 0.25) is 11.9 Å².